The summed E-state index contributed by atoms with van der Waals surface area (Å²) in [6, 6.07) is 14.2. The van der Waals surface area contributed by atoms with E-state index in [0.717, 1.165) is 38.0 Å². The Labute approximate surface area is 125 Å². The molecule has 0 bridgehead atoms. The molecule has 1 aliphatic heterocycles. The molecular weight excluding hydrogens is 260 g/mol. The van der Waals surface area contributed by atoms with E-state index in [-0.39, 0.29) is 5.91 Å². The number of aromatic nitrogens is 1. The van der Waals surface area contributed by atoms with E-state index in [1.54, 1.807) is 0 Å². The average Bonchev–Trinajstić information content (AvgIpc) is 2.56. The number of rotatable bonds is 3. The van der Waals surface area contributed by atoms with Crippen LogP contribution in [0.15, 0.2) is 54.9 Å². The monoisotopic (exact) mass is 281 g/mol. The van der Waals surface area contributed by atoms with Crippen LogP contribution in [0.1, 0.15) is 35.2 Å². The second-order valence-electron chi connectivity index (χ2n) is 5.60. The van der Waals surface area contributed by atoms with Gasteiger partial charge >= 0.3 is 0 Å². The largest absolute Gasteiger partial charge is 0.338 e. The van der Waals surface area contributed by atoms with Crippen LogP contribution in [0, 0.1) is 0 Å². The van der Waals surface area contributed by atoms with Crippen molar-refractivity contribution in [2.24, 2.45) is 0 Å². The van der Waals surface area contributed by atoms with Crippen LogP contribution in [0.2, 0.25) is 0 Å². The number of nitrogens with zero attached hydrogens (tertiary/aromatic N) is 2. The fraction of sp³-hybridized carbons (Fsp3) is 0.333. The zero-order chi connectivity index (χ0) is 14.5. The summed E-state index contributed by atoms with van der Waals surface area (Å²) in [5.41, 5.74) is 2.03. The van der Waals surface area contributed by atoms with Crippen LogP contribution in [0.4, 0.5) is 0 Å². The SMILES string of the molecule is O=C(c1ccc[n+](Cc2ccccc2)c1)N1CCCCC1. The van der Waals surface area contributed by atoms with Gasteiger partial charge in [-0.1, -0.05) is 30.3 Å². The lowest BCUT2D eigenvalue weighted by atomic mass is 10.1. The van der Waals surface area contributed by atoms with Crippen LogP contribution in [-0.4, -0.2) is 23.9 Å². The Hall–Kier alpha value is -2.16. The van der Waals surface area contributed by atoms with Gasteiger partial charge < -0.3 is 4.90 Å². The fourth-order valence-electron chi connectivity index (χ4n) is 2.82. The number of pyridine rings is 1. The number of benzene rings is 1. The van der Waals surface area contributed by atoms with Gasteiger partial charge in [-0.15, -0.1) is 0 Å². The number of hydrogen-bond acceptors (Lipinski definition) is 1. The highest BCUT2D eigenvalue weighted by molar-refractivity contribution is 5.93. The maximum atomic E-state index is 12.5. The standard InChI is InChI=1S/C18H21N2O/c21-18(20-12-5-2-6-13-20)17-10-7-11-19(15-17)14-16-8-3-1-4-9-16/h1,3-4,7-11,15H,2,5-6,12-14H2/q+1. The van der Waals surface area contributed by atoms with Crippen molar-refractivity contribution in [3.05, 3.63) is 66.0 Å². The zero-order valence-corrected chi connectivity index (χ0v) is 12.2. The lowest BCUT2D eigenvalue weighted by molar-refractivity contribution is -0.688. The van der Waals surface area contributed by atoms with Crippen LogP contribution in [0.3, 0.4) is 0 Å². The molecule has 21 heavy (non-hydrogen) atoms. The highest BCUT2D eigenvalue weighted by Gasteiger charge is 2.20. The lowest BCUT2D eigenvalue weighted by Gasteiger charge is -2.26. The van der Waals surface area contributed by atoms with E-state index < -0.39 is 0 Å². The van der Waals surface area contributed by atoms with Gasteiger partial charge in [-0.25, -0.2) is 0 Å². The summed E-state index contributed by atoms with van der Waals surface area (Å²) < 4.78 is 2.08. The number of carbonyl (C=O) groups excluding carboxylic acids is 1. The third-order valence-electron chi connectivity index (χ3n) is 3.96. The van der Waals surface area contributed by atoms with E-state index in [1.165, 1.54) is 12.0 Å². The van der Waals surface area contributed by atoms with E-state index in [4.69, 9.17) is 0 Å². The number of likely N-dealkylation sites (tertiary alicyclic amines) is 1. The van der Waals surface area contributed by atoms with Crippen LogP contribution in [0.5, 0.6) is 0 Å². The molecule has 0 aliphatic carbocycles. The Morgan fingerprint density at radius 1 is 1.00 bits per heavy atom. The minimum Gasteiger partial charge on any atom is -0.338 e. The summed E-state index contributed by atoms with van der Waals surface area (Å²) in [6.07, 6.45) is 7.47. The number of carbonyl (C=O) groups is 1. The molecule has 1 aliphatic rings. The topological polar surface area (TPSA) is 24.2 Å². The molecule has 3 heteroatoms. The summed E-state index contributed by atoms with van der Waals surface area (Å²) in [6.45, 7) is 2.58. The molecule has 1 aromatic carbocycles. The maximum Gasteiger partial charge on any atom is 0.259 e. The van der Waals surface area contributed by atoms with Crippen LogP contribution >= 0.6 is 0 Å². The summed E-state index contributed by atoms with van der Waals surface area (Å²) in [5, 5.41) is 0. The van der Waals surface area contributed by atoms with Crippen LogP contribution < -0.4 is 4.57 Å². The molecule has 1 saturated heterocycles. The zero-order valence-electron chi connectivity index (χ0n) is 12.2. The molecule has 0 N–H and O–H groups in total. The first-order valence-corrected chi connectivity index (χ1v) is 7.65. The highest BCUT2D eigenvalue weighted by atomic mass is 16.2. The summed E-state index contributed by atoms with van der Waals surface area (Å²) in [7, 11) is 0. The van der Waals surface area contributed by atoms with Crippen LogP contribution in [0.25, 0.3) is 0 Å². The first kappa shape index (κ1) is 13.8. The predicted molar refractivity (Wildman–Crippen MR) is 81.9 cm³/mol. The fourth-order valence-corrected chi connectivity index (χ4v) is 2.82. The van der Waals surface area contributed by atoms with Gasteiger partial charge in [0.1, 0.15) is 5.56 Å². The molecule has 1 aromatic heterocycles. The van der Waals surface area contributed by atoms with Crippen molar-refractivity contribution in [1.29, 1.82) is 0 Å². The van der Waals surface area contributed by atoms with Gasteiger partial charge in [0, 0.05) is 24.7 Å². The van der Waals surface area contributed by atoms with Gasteiger partial charge in [0.05, 0.1) is 0 Å². The van der Waals surface area contributed by atoms with E-state index in [9.17, 15) is 4.79 Å². The van der Waals surface area contributed by atoms with Crippen molar-refractivity contribution in [3.8, 4) is 0 Å². The van der Waals surface area contributed by atoms with Crippen molar-refractivity contribution in [2.45, 2.75) is 25.8 Å². The molecule has 3 nitrogen and oxygen atoms in total. The Balaban J connectivity index is 1.75. The molecule has 3 rings (SSSR count). The van der Waals surface area contributed by atoms with E-state index in [0.29, 0.717) is 0 Å². The molecule has 0 radical (unpaired) electrons. The first-order valence-electron chi connectivity index (χ1n) is 7.65. The van der Waals surface area contributed by atoms with Crippen molar-refractivity contribution in [3.63, 3.8) is 0 Å². The van der Waals surface area contributed by atoms with Gasteiger partial charge in [0.15, 0.2) is 18.9 Å². The first-order chi connectivity index (χ1) is 10.3. The van der Waals surface area contributed by atoms with Gasteiger partial charge in [-0.3, -0.25) is 4.79 Å². The quantitative estimate of drug-likeness (QED) is 0.794. The highest BCUT2D eigenvalue weighted by Crippen LogP contribution is 2.12. The van der Waals surface area contributed by atoms with Gasteiger partial charge in [0.25, 0.3) is 5.91 Å². The Kier molecular flexibility index (Phi) is 4.29. The van der Waals surface area contributed by atoms with Crippen LogP contribution in [-0.2, 0) is 6.54 Å². The molecule has 1 fully saturated rings. The van der Waals surface area contributed by atoms with Crippen molar-refractivity contribution >= 4 is 5.91 Å². The van der Waals surface area contributed by atoms with Crippen molar-refractivity contribution in [1.82, 2.24) is 4.90 Å². The third kappa shape index (κ3) is 3.48. The average molecular weight is 281 g/mol. The van der Waals surface area contributed by atoms with Crippen molar-refractivity contribution < 1.29 is 9.36 Å². The summed E-state index contributed by atoms with van der Waals surface area (Å²) >= 11 is 0. The Bertz CT molecular complexity index is 604. The molecule has 0 atom stereocenters. The minimum atomic E-state index is 0.164. The summed E-state index contributed by atoms with van der Waals surface area (Å²) in [4.78, 5) is 14.5. The molecule has 0 spiro atoms. The number of hydrogen-bond donors (Lipinski definition) is 0. The molecule has 0 saturated carbocycles. The van der Waals surface area contributed by atoms with E-state index >= 15 is 0 Å². The lowest BCUT2D eigenvalue weighted by Crippen LogP contribution is -2.39. The molecular formula is C18H21N2O+. The molecule has 2 heterocycles. The minimum absolute atomic E-state index is 0.164. The smallest absolute Gasteiger partial charge is 0.259 e. The number of piperidine rings is 1. The van der Waals surface area contributed by atoms with Crippen molar-refractivity contribution in [2.75, 3.05) is 13.1 Å². The second-order valence-corrected chi connectivity index (χ2v) is 5.60. The summed E-state index contributed by atoms with van der Waals surface area (Å²) in [5.74, 6) is 0.164. The Morgan fingerprint density at radius 3 is 2.52 bits per heavy atom. The molecule has 1 amide bonds. The van der Waals surface area contributed by atoms with Gasteiger partial charge in [-0.2, -0.15) is 4.57 Å². The molecule has 0 unspecified atom stereocenters. The van der Waals surface area contributed by atoms with Gasteiger partial charge in [0.2, 0.25) is 0 Å². The number of amides is 1. The maximum absolute atomic E-state index is 12.5. The second kappa shape index (κ2) is 6.53. The van der Waals surface area contributed by atoms with E-state index in [1.807, 2.05) is 47.6 Å². The molecule has 2 aromatic rings. The third-order valence-corrected chi connectivity index (χ3v) is 3.96. The predicted octanol–water partition coefficient (Wildman–Crippen LogP) is 2.65. The van der Waals surface area contributed by atoms with Gasteiger partial charge in [-0.05, 0) is 25.3 Å². The normalized spacial score (nSPS) is 15.0. The Morgan fingerprint density at radius 2 is 1.76 bits per heavy atom. The molecule has 108 valence electrons. The van der Waals surface area contributed by atoms with E-state index in [2.05, 4.69) is 16.7 Å².